The van der Waals surface area contributed by atoms with E-state index in [-0.39, 0.29) is 12.1 Å². The minimum atomic E-state index is -0.359. The Labute approximate surface area is 236 Å². The maximum Gasteiger partial charge on any atom is 0.350 e. The first-order valence-corrected chi connectivity index (χ1v) is 15.3. The van der Waals surface area contributed by atoms with Gasteiger partial charge < -0.3 is 19.6 Å². The molecular formula is C28H45N7O3S. The molecule has 0 spiro atoms. The van der Waals surface area contributed by atoms with Gasteiger partial charge in [0, 0.05) is 50.4 Å². The molecule has 11 heteroatoms. The van der Waals surface area contributed by atoms with Crippen LogP contribution < -0.4 is 15.1 Å². The lowest BCUT2D eigenvalue weighted by Crippen LogP contribution is -2.43. The normalized spacial score (nSPS) is 16.7. The molecule has 2 aliphatic rings. The van der Waals surface area contributed by atoms with E-state index in [9.17, 15) is 9.90 Å². The first-order valence-electron chi connectivity index (χ1n) is 14.4. The Kier molecular flexibility index (Phi) is 10.0. The summed E-state index contributed by atoms with van der Waals surface area (Å²) in [5, 5.41) is 14.0. The highest BCUT2D eigenvalue weighted by atomic mass is 32.1. The van der Waals surface area contributed by atoms with E-state index in [0.29, 0.717) is 40.3 Å². The van der Waals surface area contributed by atoms with Gasteiger partial charge in [0.25, 0.3) is 0 Å². The summed E-state index contributed by atoms with van der Waals surface area (Å²) in [6.45, 7) is 17.3. The number of aliphatic hydroxyl groups excluding tert-OH is 1. The van der Waals surface area contributed by atoms with Crippen LogP contribution in [0.2, 0.25) is 0 Å². The molecule has 0 aliphatic carbocycles. The molecule has 0 amide bonds. The van der Waals surface area contributed by atoms with Crippen molar-refractivity contribution < 1.29 is 14.6 Å². The lowest BCUT2D eigenvalue weighted by Gasteiger charge is -2.35. The number of fused-ring (bicyclic) bond motifs is 1. The number of carbonyl (C=O) groups excluding carboxylic acids is 1. The molecule has 0 atom stereocenters. The number of aliphatic hydroxyl groups is 1. The van der Waals surface area contributed by atoms with Crippen molar-refractivity contribution in [2.45, 2.75) is 91.8 Å². The van der Waals surface area contributed by atoms with Gasteiger partial charge in [-0.2, -0.15) is 9.97 Å². The average molecular weight is 560 g/mol. The average Bonchev–Trinajstić information content (AvgIpc) is 3.12. The number of anilines is 4. The van der Waals surface area contributed by atoms with Gasteiger partial charge in [-0.15, -0.1) is 0 Å². The number of carbonyl (C=O) groups is 1. The smallest absolute Gasteiger partial charge is 0.350 e. The molecule has 0 radical (unpaired) electrons. The van der Waals surface area contributed by atoms with Gasteiger partial charge in [-0.05, 0) is 73.6 Å². The second-order valence-corrected chi connectivity index (χ2v) is 12.0. The molecule has 0 bridgehead atoms. The van der Waals surface area contributed by atoms with Crippen LogP contribution >= 0.6 is 11.3 Å². The number of rotatable bonds is 10. The molecule has 10 nitrogen and oxygen atoms in total. The van der Waals surface area contributed by atoms with Crippen molar-refractivity contribution in [3.05, 3.63) is 16.1 Å². The van der Waals surface area contributed by atoms with E-state index in [1.54, 1.807) is 6.92 Å². The lowest BCUT2D eigenvalue weighted by atomic mass is 10.1. The number of aromatic nitrogens is 3. The van der Waals surface area contributed by atoms with Crippen LogP contribution in [0.15, 0.2) is 0 Å². The molecule has 2 aliphatic heterocycles. The highest BCUT2D eigenvalue weighted by Gasteiger charge is 2.28. The molecule has 4 rings (SSSR count). The minimum Gasteiger partial charge on any atom is -0.462 e. The molecule has 2 aromatic heterocycles. The highest BCUT2D eigenvalue weighted by molar-refractivity contribution is 7.17. The second-order valence-electron chi connectivity index (χ2n) is 11.0. The maximum absolute atomic E-state index is 12.4. The molecule has 0 aromatic carbocycles. The number of nitrogens with one attached hydrogen (secondary N) is 1. The van der Waals surface area contributed by atoms with Crippen molar-refractivity contribution >= 4 is 40.0 Å². The third-order valence-corrected chi connectivity index (χ3v) is 8.62. The minimum absolute atomic E-state index is 0.256. The molecule has 0 saturated carbocycles. The molecule has 1 fully saturated rings. The first-order chi connectivity index (χ1) is 18.7. The molecular weight excluding hydrogens is 514 g/mol. The number of aryl methyl sites for hydroxylation is 1. The van der Waals surface area contributed by atoms with Gasteiger partial charge in [0.1, 0.15) is 16.5 Å². The second kappa shape index (κ2) is 13.2. The summed E-state index contributed by atoms with van der Waals surface area (Å²) in [7, 11) is 0. The van der Waals surface area contributed by atoms with Gasteiger partial charge in [-0.25, -0.2) is 9.78 Å². The van der Waals surface area contributed by atoms with Gasteiger partial charge in [-0.3, -0.25) is 10.2 Å². The summed E-state index contributed by atoms with van der Waals surface area (Å²) in [6, 6.07) is 0.937. The number of hydrogen-bond donors (Lipinski definition) is 2. The van der Waals surface area contributed by atoms with Crippen molar-refractivity contribution in [3.8, 4) is 0 Å². The first kappa shape index (κ1) is 29.5. The largest absolute Gasteiger partial charge is 0.462 e. The number of nitrogens with zero attached hydrogens (tertiary/aromatic N) is 6. The van der Waals surface area contributed by atoms with Crippen LogP contribution in [0.1, 0.15) is 81.2 Å². The van der Waals surface area contributed by atoms with Gasteiger partial charge >= 0.3 is 5.97 Å². The fourth-order valence-electron chi connectivity index (χ4n) is 5.55. The summed E-state index contributed by atoms with van der Waals surface area (Å²) in [6.07, 6.45) is 4.34. The van der Waals surface area contributed by atoms with E-state index in [0.717, 1.165) is 76.5 Å². The molecule has 2 aromatic rings. The molecule has 39 heavy (non-hydrogen) atoms. The summed E-state index contributed by atoms with van der Waals surface area (Å²) in [4.78, 5) is 34.7. The highest BCUT2D eigenvalue weighted by Crippen LogP contribution is 2.35. The van der Waals surface area contributed by atoms with Gasteiger partial charge in [0.05, 0.1) is 18.4 Å². The number of ether oxygens (including phenoxy) is 1. The van der Waals surface area contributed by atoms with E-state index < -0.39 is 0 Å². The monoisotopic (exact) mass is 559 g/mol. The summed E-state index contributed by atoms with van der Waals surface area (Å²) in [5.74, 6) is 2.06. The van der Waals surface area contributed by atoms with Gasteiger partial charge in [0.2, 0.25) is 5.95 Å². The molecule has 1 saturated heterocycles. The number of piperidine rings is 1. The predicted molar refractivity (Wildman–Crippen MR) is 158 cm³/mol. The summed E-state index contributed by atoms with van der Waals surface area (Å²) >= 11 is 1.26. The topological polar surface area (TPSA) is 107 Å². The van der Waals surface area contributed by atoms with E-state index in [2.05, 4.69) is 52.7 Å². The van der Waals surface area contributed by atoms with Crippen LogP contribution in [0.4, 0.5) is 22.7 Å². The van der Waals surface area contributed by atoms with Crippen molar-refractivity contribution in [1.29, 1.82) is 0 Å². The van der Waals surface area contributed by atoms with E-state index in [1.807, 2.05) is 6.92 Å². The Balaban J connectivity index is 1.69. The van der Waals surface area contributed by atoms with E-state index in [4.69, 9.17) is 14.7 Å². The molecule has 216 valence electrons. The zero-order valence-corrected chi connectivity index (χ0v) is 25.2. The van der Waals surface area contributed by atoms with E-state index in [1.165, 1.54) is 16.9 Å². The maximum atomic E-state index is 12.4. The predicted octanol–water partition coefficient (Wildman–Crippen LogP) is 4.38. The third kappa shape index (κ3) is 7.18. The Morgan fingerprint density at radius 1 is 1.10 bits per heavy atom. The summed E-state index contributed by atoms with van der Waals surface area (Å²) < 4.78 is 5.20. The van der Waals surface area contributed by atoms with Crippen molar-refractivity contribution in [3.63, 3.8) is 0 Å². The fourth-order valence-corrected chi connectivity index (χ4v) is 6.40. The van der Waals surface area contributed by atoms with Crippen LogP contribution in [0.3, 0.4) is 0 Å². The number of hydrogen-bond acceptors (Lipinski definition) is 11. The van der Waals surface area contributed by atoms with Gasteiger partial charge in [0.15, 0.2) is 5.13 Å². The van der Waals surface area contributed by atoms with E-state index >= 15 is 0 Å². The Bertz CT molecular complexity index is 1110. The zero-order chi connectivity index (χ0) is 28.1. The standard InChI is InChI=1S/C28H45N7O3S/c1-7-38-26(37)23-20(6)29-28(39-23)32-27-30-24-22(25(31-27)34-14-11-21(36)12-15-34)10-8-9-13-33(24)16-17-35(18(2)3)19(4)5/h18-19,21,36H,7-17H2,1-6H3,(H,29,30,31,32). The molecule has 0 unspecified atom stereocenters. The van der Waals surface area contributed by atoms with Crippen LogP contribution in [-0.4, -0.2) is 88.4 Å². The van der Waals surface area contributed by atoms with Crippen LogP contribution in [-0.2, 0) is 11.2 Å². The molecule has 4 heterocycles. The SMILES string of the molecule is CCOC(=O)c1sc(Nc2nc(N3CCC(O)CC3)c3c(n2)N(CCN(C(C)C)C(C)C)CCCC3)nc1C. The number of thiazole rings is 1. The Morgan fingerprint density at radius 2 is 1.79 bits per heavy atom. The Hall–Kier alpha value is -2.50. The third-order valence-electron chi connectivity index (χ3n) is 7.56. The Morgan fingerprint density at radius 3 is 2.46 bits per heavy atom. The van der Waals surface area contributed by atoms with Gasteiger partial charge in [-0.1, -0.05) is 11.3 Å². The van der Waals surface area contributed by atoms with Crippen molar-refractivity contribution in [2.75, 3.05) is 54.4 Å². The van der Waals surface area contributed by atoms with Crippen LogP contribution in [0.25, 0.3) is 0 Å². The van der Waals surface area contributed by atoms with Crippen LogP contribution in [0.5, 0.6) is 0 Å². The fraction of sp³-hybridized carbons (Fsp3) is 0.714. The zero-order valence-electron chi connectivity index (χ0n) is 24.4. The summed E-state index contributed by atoms with van der Waals surface area (Å²) in [5.41, 5.74) is 1.82. The molecule has 2 N–H and O–H groups in total. The lowest BCUT2D eigenvalue weighted by molar-refractivity contribution is 0.0531. The number of esters is 1. The van der Waals surface area contributed by atoms with Crippen molar-refractivity contribution in [1.82, 2.24) is 19.9 Å². The van der Waals surface area contributed by atoms with Crippen molar-refractivity contribution in [2.24, 2.45) is 0 Å². The quantitative estimate of drug-likeness (QED) is 0.407. The van der Waals surface area contributed by atoms with Crippen LogP contribution in [0, 0.1) is 6.92 Å².